The lowest BCUT2D eigenvalue weighted by atomic mass is 10.1. The van der Waals surface area contributed by atoms with Crippen molar-refractivity contribution in [1.82, 2.24) is 20.0 Å². The topological polar surface area (TPSA) is 111 Å². The highest BCUT2D eigenvalue weighted by molar-refractivity contribution is 8.04. The first-order chi connectivity index (χ1) is 17.5. The number of nitrogens with zero attached hydrogens (tertiary/aromatic N) is 3. The monoisotopic (exact) mass is 530 g/mol. The zero-order valence-electron chi connectivity index (χ0n) is 22.8. The molecule has 0 bridgehead atoms. The van der Waals surface area contributed by atoms with E-state index in [2.05, 4.69) is 15.5 Å². The Morgan fingerprint density at radius 1 is 1.22 bits per heavy atom. The van der Waals surface area contributed by atoms with Gasteiger partial charge in [0.1, 0.15) is 16.0 Å². The molecule has 0 aromatic heterocycles. The number of nitrogens with two attached hydrogens (primary N) is 1. The van der Waals surface area contributed by atoms with Gasteiger partial charge in [-0.15, -0.1) is 0 Å². The molecule has 2 aliphatic rings. The molecule has 2 saturated heterocycles. The van der Waals surface area contributed by atoms with Gasteiger partial charge in [-0.05, 0) is 84.8 Å². The van der Waals surface area contributed by atoms with Crippen molar-refractivity contribution in [2.75, 3.05) is 51.6 Å². The second-order valence-electron chi connectivity index (χ2n) is 10.6. The van der Waals surface area contributed by atoms with Crippen LogP contribution in [-0.4, -0.2) is 89.5 Å². The molecule has 1 atom stereocenters. The van der Waals surface area contributed by atoms with Crippen LogP contribution in [0.1, 0.15) is 57.3 Å². The zero-order chi connectivity index (χ0) is 27.2. The van der Waals surface area contributed by atoms with Crippen LogP contribution in [0.4, 0.5) is 5.69 Å². The van der Waals surface area contributed by atoms with E-state index in [9.17, 15) is 14.4 Å². The zero-order valence-corrected chi connectivity index (χ0v) is 23.6. The van der Waals surface area contributed by atoms with E-state index in [1.807, 2.05) is 39.8 Å². The Morgan fingerprint density at radius 2 is 1.92 bits per heavy atom. The molecule has 0 aliphatic carbocycles. The van der Waals surface area contributed by atoms with Gasteiger partial charge >= 0.3 is 0 Å². The molecule has 3 rings (SSSR count). The number of thioether (sulfide) groups is 1. The number of rotatable bonds is 10. The number of likely N-dealkylation sites (N-methyl/N-ethyl adjacent to an activating group) is 1. The fourth-order valence-corrected chi connectivity index (χ4v) is 5.56. The van der Waals surface area contributed by atoms with E-state index in [1.54, 1.807) is 29.0 Å². The molecule has 2 aliphatic heterocycles. The van der Waals surface area contributed by atoms with Crippen LogP contribution in [0.2, 0.25) is 0 Å². The third kappa shape index (κ3) is 7.41. The number of anilines is 1. The highest BCUT2D eigenvalue weighted by Gasteiger charge is 2.39. The highest BCUT2D eigenvalue weighted by Crippen LogP contribution is 2.37. The molecular formula is C27H42N6O3S. The number of hydrogen-bond acceptors (Lipinski definition) is 7. The Bertz CT molecular complexity index is 1020. The smallest absolute Gasteiger partial charge is 0.272 e. The number of likely N-dealkylation sites (tertiary alicyclic amines) is 1. The Morgan fingerprint density at radius 3 is 2.57 bits per heavy atom. The van der Waals surface area contributed by atoms with Crippen molar-refractivity contribution < 1.29 is 14.4 Å². The molecule has 2 heterocycles. The first-order valence-corrected chi connectivity index (χ1v) is 14.0. The molecule has 10 heteroatoms. The van der Waals surface area contributed by atoms with Crippen LogP contribution in [0.3, 0.4) is 0 Å². The quantitative estimate of drug-likeness (QED) is 0.315. The van der Waals surface area contributed by atoms with E-state index in [0.29, 0.717) is 30.2 Å². The SMILES string of the molecule is CCN1C(=O)[C@@H](CNc2cccc(C(=O)NCCCN3CCCC3)c2)S/C1=C(/N)C(=O)N(C)C(C)(C)C. The predicted molar refractivity (Wildman–Crippen MR) is 150 cm³/mol. The number of carbonyl (C=O) groups excluding carboxylic acids is 3. The standard InChI is InChI=1S/C27H42N6O3S/c1-6-33-24(35)21(37-26(33)22(28)25(36)31(5)27(2,3)4)18-30-20-12-9-11-19(17-20)23(34)29-13-10-16-32-14-7-8-15-32/h9,11-12,17,21,30H,6-8,10,13-16,18,28H2,1-5H3,(H,29,34)/b26-22+/t21-/m1/s1. The minimum Gasteiger partial charge on any atom is -0.392 e. The third-order valence-electron chi connectivity index (χ3n) is 6.88. The van der Waals surface area contributed by atoms with E-state index in [0.717, 1.165) is 31.7 Å². The molecule has 0 radical (unpaired) electrons. The molecule has 4 N–H and O–H groups in total. The fourth-order valence-electron chi connectivity index (χ4n) is 4.33. The summed E-state index contributed by atoms with van der Waals surface area (Å²) in [6.07, 6.45) is 3.47. The largest absolute Gasteiger partial charge is 0.392 e. The van der Waals surface area contributed by atoms with E-state index >= 15 is 0 Å². The summed E-state index contributed by atoms with van der Waals surface area (Å²) in [4.78, 5) is 44.2. The van der Waals surface area contributed by atoms with Crippen molar-refractivity contribution >= 4 is 35.2 Å². The lowest BCUT2D eigenvalue weighted by Crippen LogP contribution is -2.45. The summed E-state index contributed by atoms with van der Waals surface area (Å²) in [7, 11) is 1.71. The lowest BCUT2D eigenvalue weighted by molar-refractivity contribution is -0.130. The van der Waals surface area contributed by atoms with Gasteiger partial charge in [0.05, 0.1) is 0 Å². The van der Waals surface area contributed by atoms with Crippen LogP contribution in [0.25, 0.3) is 0 Å². The molecule has 0 spiro atoms. The molecule has 2 fully saturated rings. The molecule has 204 valence electrons. The minimum atomic E-state index is -0.427. The Balaban J connectivity index is 1.57. The van der Waals surface area contributed by atoms with Gasteiger partial charge in [0, 0.05) is 43.5 Å². The number of nitrogens with one attached hydrogen (secondary N) is 2. The van der Waals surface area contributed by atoms with Crippen molar-refractivity contribution in [3.8, 4) is 0 Å². The normalized spacial score (nSPS) is 19.8. The van der Waals surface area contributed by atoms with Gasteiger partial charge in [-0.3, -0.25) is 14.4 Å². The molecule has 1 aromatic rings. The number of benzene rings is 1. The van der Waals surface area contributed by atoms with Gasteiger partial charge in [-0.25, -0.2) is 0 Å². The molecule has 1 aromatic carbocycles. The second kappa shape index (κ2) is 12.7. The maximum atomic E-state index is 13.1. The average molecular weight is 531 g/mol. The van der Waals surface area contributed by atoms with Crippen LogP contribution in [0.5, 0.6) is 0 Å². The van der Waals surface area contributed by atoms with Gasteiger partial charge < -0.3 is 31.1 Å². The van der Waals surface area contributed by atoms with Gasteiger partial charge in [-0.2, -0.15) is 0 Å². The van der Waals surface area contributed by atoms with Crippen molar-refractivity contribution in [3.05, 3.63) is 40.6 Å². The third-order valence-corrected chi connectivity index (χ3v) is 8.20. The summed E-state index contributed by atoms with van der Waals surface area (Å²) in [5, 5.41) is 6.36. The van der Waals surface area contributed by atoms with Gasteiger partial charge in [0.2, 0.25) is 5.91 Å². The first kappa shape index (κ1) is 28.8. The van der Waals surface area contributed by atoms with E-state index in [-0.39, 0.29) is 23.4 Å². The van der Waals surface area contributed by atoms with Crippen molar-refractivity contribution in [2.45, 2.75) is 57.7 Å². The van der Waals surface area contributed by atoms with Crippen LogP contribution >= 0.6 is 11.8 Å². The molecule has 0 unspecified atom stereocenters. The average Bonchev–Trinajstić information content (AvgIpc) is 3.50. The van der Waals surface area contributed by atoms with E-state index in [1.165, 1.54) is 24.6 Å². The fraction of sp³-hybridized carbons (Fsp3) is 0.593. The lowest BCUT2D eigenvalue weighted by Gasteiger charge is -2.32. The summed E-state index contributed by atoms with van der Waals surface area (Å²) in [5.74, 6) is -0.488. The molecule has 9 nitrogen and oxygen atoms in total. The van der Waals surface area contributed by atoms with Crippen molar-refractivity contribution in [2.24, 2.45) is 5.73 Å². The van der Waals surface area contributed by atoms with Gasteiger partial charge in [-0.1, -0.05) is 17.8 Å². The first-order valence-electron chi connectivity index (χ1n) is 13.1. The van der Waals surface area contributed by atoms with Crippen LogP contribution in [0, 0.1) is 0 Å². The Kier molecular flexibility index (Phi) is 9.89. The van der Waals surface area contributed by atoms with Crippen LogP contribution in [0.15, 0.2) is 35.0 Å². The van der Waals surface area contributed by atoms with Gasteiger partial charge in [0.15, 0.2) is 0 Å². The maximum Gasteiger partial charge on any atom is 0.272 e. The summed E-state index contributed by atoms with van der Waals surface area (Å²) in [6.45, 7) is 12.4. The molecule has 0 saturated carbocycles. The van der Waals surface area contributed by atoms with Crippen LogP contribution in [-0.2, 0) is 9.59 Å². The summed E-state index contributed by atoms with van der Waals surface area (Å²) in [6, 6.07) is 7.28. The Labute approximate surface area is 225 Å². The molecule has 3 amide bonds. The summed E-state index contributed by atoms with van der Waals surface area (Å²) < 4.78 is 0. The number of hydrogen-bond donors (Lipinski definition) is 3. The van der Waals surface area contributed by atoms with Crippen molar-refractivity contribution in [3.63, 3.8) is 0 Å². The molecular weight excluding hydrogens is 488 g/mol. The number of amides is 3. The minimum absolute atomic E-state index is 0.0866. The second-order valence-corrected chi connectivity index (χ2v) is 11.8. The van der Waals surface area contributed by atoms with Crippen LogP contribution < -0.4 is 16.4 Å². The summed E-state index contributed by atoms with van der Waals surface area (Å²) in [5.41, 5.74) is 7.29. The summed E-state index contributed by atoms with van der Waals surface area (Å²) >= 11 is 1.31. The maximum absolute atomic E-state index is 13.1. The van der Waals surface area contributed by atoms with E-state index < -0.39 is 10.8 Å². The molecule has 37 heavy (non-hydrogen) atoms. The van der Waals surface area contributed by atoms with E-state index in [4.69, 9.17) is 5.73 Å². The number of carbonyl (C=O) groups is 3. The Hall–Kier alpha value is -2.72. The van der Waals surface area contributed by atoms with Crippen molar-refractivity contribution in [1.29, 1.82) is 0 Å². The predicted octanol–water partition coefficient (Wildman–Crippen LogP) is 2.66. The van der Waals surface area contributed by atoms with Gasteiger partial charge in [0.25, 0.3) is 11.8 Å². The highest BCUT2D eigenvalue weighted by atomic mass is 32.2.